The van der Waals surface area contributed by atoms with Crippen molar-refractivity contribution >= 4 is 65.7 Å². The smallest absolute Gasteiger partial charge is 0.277 e. The maximum Gasteiger partial charge on any atom is 0.402 e. The van der Waals surface area contributed by atoms with E-state index >= 15 is 0 Å². The molecule has 57 heavy (non-hydrogen) atoms. The van der Waals surface area contributed by atoms with Gasteiger partial charge in [-0.1, -0.05) is 47.7 Å². The normalized spacial score (nSPS) is 16.4. The molecule has 8 amide bonds. The molecule has 0 bridgehead atoms. The number of imide groups is 4. The van der Waals surface area contributed by atoms with Crippen molar-refractivity contribution < 1.29 is 51.5 Å². The van der Waals surface area contributed by atoms with Crippen LogP contribution in [-0.4, -0.2) is 109 Å². The zero-order valence-electron chi connectivity index (χ0n) is 31.6. The van der Waals surface area contributed by atoms with E-state index in [0.29, 0.717) is 22.3 Å². The number of carbonyl (C=O) groups excluding carboxylic acids is 8. The first-order chi connectivity index (χ1) is 26.5. The monoisotopic (exact) mass is 794 g/mol. The van der Waals surface area contributed by atoms with Crippen molar-refractivity contribution in [2.45, 2.75) is 31.6 Å². The summed E-state index contributed by atoms with van der Waals surface area (Å²) in [4.78, 5) is 101. The Morgan fingerprint density at radius 3 is 0.930 bits per heavy atom. The highest BCUT2D eigenvalue weighted by molar-refractivity contribution is 7.00. The molecule has 0 saturated carbocycles. The fraction of sp³-hybridized carbons (Fsp3) is 0.220. The summed E-state index contributed by atoms with van der Waals surface area (Å²) in [7, 11) is 3.22. The molecular weight excluding hydrogens is 762 g/mol. The van der Waals surface area contributed by atoms with Crippen LogP contribution in [0.4, 0.5) is 13.2 Å². The standard InChI is InChI=1S/C21H15F3N2O4.C20H18N2O4Si/c1-20(21(22,23)24,10-4-6-12-14(8-10)18(29)25(2)16(12)27)11-5-7-13-15(9-11)19(30)26(3)17(13)28;1-21-17(23)13-7-5-11(9-15(13)19(21)25)27(3,4)12-6-8-14-16(10-12)20(26)22(2)18(14)24/h4-9H,1-3H3;5-10H,1-4H3. The van der Waals surface area contributed by atoms with Crippen LogP contribution in [0.2, 0.25) is 13.1 Å². The third kappa shape index (κ3) is 5.49. The van der Waals surface area contributed by atoms with Crippen LogP contribution in [0.1, 0.15) is 101 Å². The first-order valence-corrected chi connectivity index (χ1v) is 20.5. The second-order valence-electron chi connectivity index (χ2n) is 15.0. The summed E-state index contributed by atoms with van der Waals surface area (Å²) < 4.78 is 43.1. The maximum absolute atomic E-state index is 14.4. The van der Waals surface area contributed by atoms with Gasteiger partial charge in [-0.25, -0.2) is 0 Å². The van der Waals surface area contributed by atoms with Gasteiger partial charge in [0.05, 0.1) is 44.5 Å². The summed E-state index contributed by atoms with van der Waals surface area (Å²) in [6, 6.07) is 17.7. The van der Waals surface area contributed by atoms with E-state index in [1.807, 2.05) is 12.1 Å². The van der Waals surface area contributed by atoms with Gasteiger partial charge in [0.2, 0.25) is 0 Å². The topological polar surface area (TPSA) is 150 Å². The zero-order valence-corrected chi connectivity index (χ0v) is 32.6. The lowest BCUT2D eigenvalue weighted by molar-refractivity contribution is -0.173. The Kier molecular flexibility index (Phi) is 8.65. The number of hydrogen-bond donors (Lipinski definition) is 0. The quantitative estimate of drug-likeness (QED) is 0.223. The average Bonchev–Trinajstić information content (AvgIpc) is 3.73. The molecule has 0 atom stereocenters. The maximum atomic E-state index is 14.4. The molecule has 0 spiro atoms. The third-order valence-electron chi connectivity index (χ3n) is 11.5. The summed E-state index contributed by atoms with van der Waals surface area (Å²) in [6.07, 6.45) is -4.80. The molecule has 0 aliphatic carbocycles. The van der Waals surface area contributed by atoms with Crippen LogP contribution in [0.15, 0.2) is 72.8 Å². The van der Waals surface area contributed by atoms with Crippen molar-refractivity contribution in [1.82, 2.24) is 19.6 Å². The summed E-state index contributed by atoms with van der Waals surface area (Å²) in [5.74, 6) is -3.69. The molecule has 290 valence electrons. The van der Waals surface area contributed by atoms with Crippen LogP contribution in [0, 0.1) is 0 Å². The van der Waals surface area contributed by atoms with Crippen molar-refractivity contribution in [3.05, 3.63) is 128 Å². The van der Waals surface area contributed by atoms with Crippen LogP contribution in [0.25, 0.3) is 0 Å². The predicted octanol–water partition coefficient (Wildman–Crippen LogP) is 3.97. The number of amides is 8. The fourth-order valence-electron chi connectivity index (χ4n) is 7.51. The Hall–Kier alpha value is -6.55. The molecule has 12 nitrogen and oxygen atoms in total. The van der Waals surface area contributed by atoms with Crippen LogP contribution < -0.4 is 10.4 Å². The van der Waals surface area contributed by atoms with Gasteiger partial charge in [0.1, 0.15) is 13.5 Å². The van der Waals surface area contributed by atoms with Crippen molar-refractivity contribution in [2.24, 2.45) is 0 Å². The average molecular weight is 795 g/mol. The first kappa shape index (κ1) is 38.7. The van der Waals surface area contributed by atoms with Crippen molar-refractivity contribution in [3.63, 3.8) is 0 Å². The highest BCUT2D eigenvalue weighted by atomic mass is 28.3. The minimum absolute atomic E-state index is 0.0344. The summed E-state index contributed by atoms with van der Waals surface area (Å²) in [5, 5.41) is 1.98. The van der Waals surface area contributed by atoms with Crippen LogP contribution in [-0.2, 0) is 5.41 Å². The number of alkyl halides is 3. The second-order valence-corrected chi connectivity index (χ2v) is 19.4. The molecule has 0 radical (unpaired) electrons. The molecule has 16 heteroatoms. The van der Waals surface area contributed by atoms with Crippen LogP contribution in [0.3, 0.4) is 0 Å². The van der Waals surface area contributed by atoms with E-state index in [0.717, 1.165) is 61.2 Å². The van der Waals surface area contributed by atoms with E-state index < -0.39 is 43.3 Å². The Bertz CT molecular complexity index is 2440. The molecule has 0 aromatic heterocycles. The van der Waals surface area contributed by atoms with E-state index in [4.69, 9.17) is 0 Å². The van der Waals surface area contributed by atoms with Crippen molar-refractivity contribution in [2.75, 3.05) is 28.2 Å². The van der Waals surface area contributed by atoms with E-state index in [2.05, 4.69) is 13.1 Å². The highest BCUT2D eigenvalue weighted by Crippen LogP contribution is 2.47. The van der Waals surface area contributed by atoms with E-state index in [1.54, 1.807) is 24.3 Å². The van der Waals surface area contributed by atoms with E-state index in [9.17, 15) is 51.5 Å². The van der Waals surface area contributed by atoms with Crippen molar-refractivity contribution in [3.8, 4) is 0 Å². The van der Waals surface area contributed by atoms with Crippen molar-refractivity contribution in [1.29, 1.82) is 0 Å². The third-order valence-corrected chi connectivity index (χ3v) is 15.0. The number of nitrogens with zero attached hydrogens (tertiary/aromatic N) is 4. The number of carbonyl (C=O) groups is 8. The largest absolute Gasteiger partial charge is 0.402 e. The Morgan fingerprint density at radius 2 is 0.649 bits per heavy atom. The lowest BCUT2D eigenvalue weighted by Crippen LogP contribution is -2.53. The molecule has 4 aromatic rings. The minimum atomic E-state index is -4.80. The molecule has 4 heterocycles. The number of rotatable bonds is 4. The Balaban J connectivity index is 0.000000175. The van der Waals surface area contributed by atoms with Gasteiger partial charge in [-0.05, 0) is 66.6 Å². The second kappa shape index (κ2) is 12.7. The highest BCUT2D eigenvalue weighted by Gasteiger charge is 2.55. The molecule has 0 fully saturated rings. The number of fused-ring (bicyclic) bond motifs is 4. The number of halogens is 3. The molecule has 0 unspecified atom stereocenters. The van der Waals surface area contributed by atoms with E-state index in [1.165, 1.54) is 40.3 Å². The van der Waals surface area contributed by atoms with Gasteiger partial charge in [-0.15, -0.1) is 0 Å². The van der Waals surface area contributed by atoms with Crippen LogP contribution in [0.5, 0.6) is 0 Å². The number of benzene rings is 4. The van der Waals surface area contributed by atoms with Gasteiger partial charge >= 0.3 is 6.18 Å². The lowest BCUT2D eigenvalue weighted by atomic mass is 9.74. The molecule has 0 N–H and O–H groups in total. The predicted molar refractivity (Wildman–Crippen MR) is 201 cm³/mol. The van der Waals surface area contributed by atoms with Crippen LogP contribution >= 0.6 is 0 Å². The molecule has 8 rings (SSSR count). The zero-order chi connectivity index (χ0) is 41.8. The molecule has 4 aliphatic rings. The van der Waals surface area contributed by atoms with Gasteiger partial charge < -0.3 is 0 Å². The molecular formula is C41H33F3N4O8Si. The van der Waals surface area contributed by atoms with Gasteiger partial charge in [0.15, 0.2) is 0 Å². The SMILES string of the molecule is CN1C(=O)c2ccc(C(C)(c3ccc4c(c3)C(=O)N(C)C4=O)C(F)(F)F)cc2C1=O.CN1C(=O)c2ccc([Si](C)(C)c3ccc4c(c3)C(=O)N(C)C4=O)cc2C1=O. The van der Waals surface area contributed by atoms with Gasteiger partial charge in [-0.3, -0.25) is 58.0 Å². The Labute approximate surface area is 324 Å². The first-order valence-electron chi connectivity index (χ1n) is 17.5. The summed E-state index contributed by atoms with van der Waals surface area (Å²) in [5.41, 5.74) is -1.55. The number of hydrogen-bond acceptors (Lipinski definition) is 8. The Morgan fingerprint density at radius 1 is 0.404 bits per heavy atom. The van der Waals surface area contributed by atoms with Gasteiger partial charge in [0.25, 0.3) is 47.3 Å². The lowest BCUT2D eigenvalue weighted by Gasteiger charge is -2.33. The molecule has 0 saturated heterocycles. The summed E-state index contributed by atoms with van der Waals surface area (Å²) in [6.45, 7) is 5.17. The minimum Gasteiger partial charge on any atom is -0.277 e. The fourth-order valence-corrected chi connectivity index (χ4v) is 9.85. The van der Waals surface area contributed by atoms with E-state index in [-0.39, 0.29) is 57.0 Å². The molecule has 4 aliphatic heterocycles. The summed E-state index contributed by atoms with van der Waals surface area (Å²) >= 11 is 0. The van der Waals surface area contributed by atoms with Gasteiger partial charge in [0, 0.05) is 28.2 Å². The van der Waals surface area contributed by atoms with Gasteiger partial charge in [-0.2, -0.15) is 13.2 Å². The molecule has 4 aromatic carbocycles.